The average Bonchev–Trinajstić information content (AvgIpc) is 2.83. The molecule has 2 heteroatoms. The SMILES string of the molecule is C=C(C[C@@H](O)C=C(C)C)[C@@H]1C[C@@H](O)[C@@]2(C)[C@@H]1[C@@H]1[C@H](C)CC[C@@H]12. The van der Waals surface area contributed by atoms with Crippen LogP contribution >= 0.6 is 0 Å². The number of hydrogen-bond acceptors (Lipinski definition) is 2. The van der Waals surface area contributed by atoms with E-state index in [4.69, 9.17) is 0 Å². The standard InChI is InChI=1S/C20H32O2/c1-11(2)8-14(21)9-13(4)15-10-17(22)20(5)16-7-6-12(3)18(16)19(15)20/h8,12,14-19,21-22H,4,6-7,9-10H2,1-3,5H3/t12-,14+,15+,16+,17-,18-,19+,20+/m1/s1. The van der Waals surface area contributed by atoms with Crippen LogP contribution in [0.15, 0.2) is 23.8 Å². The van der Waals surface area contributed by atoms with E-state index in [-0.39, 0.29) is 11.5 Å². The van der Waals surface area contributed by atoms with Crippen LogP contribution in [0.4, 0.5) is 0 Å². The lowest BCUT2D eigenvalue weighted by molar-refractivity contribution is -0.143. The monoisotopic (exact) mass is 304 g/mol. The Morgan fingerprint density at radius 1 is 1.36 bits per heavy atom. The number of aliphatic hydroxyl groups is 2. The van der Waals surface area contributed by atoms with Crippen molar-refractivity contribution in [2.45, 2.75) is 65.6 Å². The molecule has 3 aliphatic rings. The van der Waals surface area contributed by atoms with Gasteiger partial charge in [-0.1, -0.05) is 44.1 Å². The Morgan fingerprint density at radius 3 is 2.68 bits per heavy atom. The van der Waals surface area contributed by atoms with Gasteiger partial charge in [-0.05, 0) is 62.7 Å². The largest absolute Gasteiger partial charge is 0.393 e. The summed E-state index contributed by atoms with van der Waals surface area (Å²) in [6.07, 6.45) is 5.38. The number of allylic oxidation sites excluding steroid dienone is 1. The smallest absolute Gasteiger partial charge is 0.0760 e. The number of hydrogen-bond donors (Lipinski definition) is 2. The van der Waals surface area contributed by atoms with Gasteiger partial charge < -0.3 is 10.2 Å². The van der Waals surface area contributed by atoms with Crippen molar-refractivity contribution >= 4 is 0 Å². The molecule has 0 aromatic heterocycles. The van der Waals surface area contributed by atoms with Gasteiger partial charge in [-0.25, -0.2) is 0 Å². The zero-order valence-corrected chi connectivity index (χ0v) is 14.5. The predicted molar refractivity (Wildman–Crippen MR) is 90.3 cm³/mol. The minimum Gasteiger partial charge on any atom is -0.393 e. The second-order valence-electron chi connectivity index (χ2n) is 8.66. The highest BCUT2D eigenvalue weighted by molar-refractivity contribution is 5.24. The Kier molecular flexibility index (Phi) is 4.06. The Morgan fingerprint density at radius 2 is 2.05 bits per heavy atom. The maximum absolute atomic E-state index is 10.7. The number of rotatable bonds is 4. The van der Waals surface area contributed by atoms with Gasteiger partial charge in [0.25, 0.3) is 0 Å². The van der Waals surface area contributed by atoms with Crippen LogP contribution in [0.3, 0.4) is 0 Å². The molecule has 0 aromatic carbocycles. The predicted octanol–water partition coefficient (Wildman–Crippen LogP) is 3.94. The number of aliphatic hydroxyl groups excluding tert-OH is 2. The molecule has 0 radical (unpaired) electrons. The van der Waals surface area contributed by atoms with Crippen molar-refractivity contribution in [1.82, 2.24) is 0 Å². The number of fused-ring (bicyclic) bond motifs is 4. The molecule has 8 atom stereocenters. The van der Waals surface area contributed by atoms with Gasteiger partial charge in [0.15, 0.2) is 0 Å². The van der Waals surface area contributed by atoms with Crippen LogP contribution < -0.4 is 0 Å². The molecule has 22 heavy (non-hydrogen) atoms. The lowest BCUT2D eigenvalue weighted by Crippen LogP contribution is -2.57. The summed E-state index contributed by atoms with van der Waals surface area (Å²) in [7, 11) is 0. The van der Waals surface area contributed by atoms with E-state index >= 15 is 0 Å². The van der Waals surface area contributed by atoms with Gasteiger partial charge in [-0.3, -0.25) is 0 Å². The second kappa shape index (κ2) is 5.49. The molecule has 0 aromatic rings. The third-order valence-corrected chi connectivity index (χ3v) is 7.14. The summed E-state index contributed by atoms with van der Waals surface area (Å²) in [6, 6.07) is 0. The van der Waals surface area contributed by atoms with Gasteiger partial charge in [0.05, 0.1) is 12.2 Å². The van der Waals surface area contributed by atoms with Gasteiger partial charge in [0.1, 0.15) is 0 Å². The third-order valence-electron chi connectivity index (χ3n) is 7.14. The third kappa shape index (κ3) is 2.22. The topological polar surface area (TPSA) is 40.5 Å². The van der Waals surface area contributed by atoms with Gasteiger partial charge in [-0.2, -0.15) is 0 Å². The van der Waals surface area contributed by atoms with Crippen LogP contribution in [0.2, 0.25) is 0 Å². The molecule has 0 unspecified atom stereocenters. The molecule has 0 amide bonds. The fraction of sp³-hybridized carbons (Fsp3) is 0.800. The second-order valence-corrected chi connectivity index (χ2v) is 8.66. The minimum absolute atomic E-state index is 0.102. The zero-order valence-electron chi connectivity index (χ0n) is 14.5. The summed E-state index contributed by atoms with van der Waals surface area (Å²) in [5, 5.41) is 20.9. The molecular weight excluding hydrogens is 272 g/mol. The van der Waals surface area contributed by atoms with E-state index in [1.807, 2.05) is 19.9 Å². The summed E-state index contributed by atoms with van der Waals surface area (Å²) in [4.78, 5) is 0. The molecule has 0 spiro atoms. The summed E-state index contributed by atoms with van der Waals surface area (Å²) in [5.74, 6) is 3.23. The first kappa shape index (κ1) is 16.3. The van der Waals surface area contributed by atoms with Crippen LogP contribution in [0, 0.1) is 35.0 Å². The van der Waals surface area contributed by atoms with E-state index in [0.717, 1.165) is 29.4 Å². The highest BCUT2D eigenvalue weighted by Crippen LogP contribution is 2.73. The maximum atomic E-state index is 10.7. The van der Waals surface area contributed by atoms with Crippen molar-refractivity contribution in [1.29, 1.82) is 0 Å². The Labute approximate surface area is 135 Å². The molecule has 2 N–H and O–H groups in total. The van der Waals surface area contributed by atoms with Crippen molar-refractivity contribution in [2.24, 2.45) is 35.0 Å². The first-order valence-electron chi connectivity index (χ1n) is 8.95. The van der Waals surface area contributed by atoms with E-state index in [0.29, 0.717) is 24.2 Å². The quantitative estimate of drug-likeness (QED) is 0.772. The van der Waals surface area contributed by atoms with E-state index in [1.165, 1.54) is 12.8 Å². The van der Waals surface area contributed by atoms with Crippen molar-refractivity contribution in [3.8, 4) is 0 Å². The fourth-order valence-corrected chi connectivity index (χ4v) is 6.19. The van der Waals surface area contributed by atoms with Gasteiger partial charge in [-0.15, -0.1) is 0 Å². The lowest BCUT2D eigenvalue weighted by Gasteiger charge is -2.58. The average molecular weight is 304 g/mol. The molecule has 0 heterocycles. The van der Waals surface area contributed by atoms with E-state index in [1.54, 1.807) is 0 Å². The normalized spacial score (nSPS) is 47.4. The molecule has 124 valence electrons. The lowest BCUT2D eigenvalue weighted by atomic mass is 9.46. The van der Waals surface area contributed by atoms with Crippen molar-refractivity contribution in [3.05, 3.63) is 23.8 Å². The van der Waals surface area contributed by atoms with Crippen LogP contribution in [-0.4, -0.2) is 22.4 Å². The molecule has 0 saturated heterocycles. The van der Waals surface area contributed by atoms with Gasteiger partial charge in [0.2, 0.25) is 0 Å². The van der Waals surface area contributed by atoms with Crippen molar-refractivity contribution in [2.75, 3.05) is 0 Å². The zero-order chi connectivity index (χ0) is 16.2. The fourth-order valence-electron chi connectivity index (χ4n) is 6.19. The highest BCUT2D eigenvalue weighted by atomic mass is 16.3. The molecule has 3 fully saturated rings. The van der Waals surface area contributed by atoms with Gasteiger partial charge in [0, 0.05) is 5.41 Å². The molecule has 0 aliphatic heterocycles. The minimum atomic E-state index is -0.432. The van der Waals surface area contributed by atoms with E-state index in [2.05, 4.69) is 20.4 Å². The molecule has 3 aliphatic carbocycles. The molecule has 3 saturated carbocycles. The summed E-state index contributed by atoms with van der Waals surface area (Å²) in [5.41, 5.74) is 2.39. The summed E-state index contributed by atoms with van der Waals surface area (Å²) in [6.45, 7) is 13.0. The Bertz CT molecular complexity index is 490. The Hall–Kier alpha value is -0.600. The van der Waals surface area contributed by atoms with E-state index in [9.17, 15) is 10.2 Å². The van der Waals surface area contributed by atoms with Crippen LogP contribution in [0.5, 0.6) is 0 Å². The van der Waals surface area contributed by atoms with Crippen molar-refractivity contribution < 1.29 is 10.2 Å². The highest BCUT2D eigenvalue weighted by Gasteiger charge is 2.70. The Balaban J connectivity index is 1.75. The maximum Gasteiger partial charge on any atom is 0.0760 e. The molecule has 0 bridgehead atoms. The van der Waals surface area contributed by atoms with Crippen molar-refractivity contribution in [3.63, 3.8) is 0 Å². The first-order valence-corrected chi connectivity index (χ1v) is 8.95. The summed E-state index contributed by atoms with van der Waals surface area (Å²) >= 11 is 0. The summed E-state index contributed by atoms with van der Waals surface area (Å²) < 4.78 is 0. The van der Waals surface area contributed by atoms with Crippen LogP contribution in [0.25, 0.3) is 0 Å². The van der Waals surface area contributed by atoms with E-state index < -0.39 is 6.10 Å². The molecule has 3 rings (SSSR count). The van der Waals surface area contributed by atoms with Crippen LogP contribution in [-0.2, 0) is 0 Å². The first-order chi connectivity index (χ1) is 10.3. The van der Waals surface area contributed by atoms with Crippen LogP contribution in [0.1, 0.15) is 53.4 Å². The molecule has 2 nitrogen and oxygen atoms in total. The molecular formula is C20H32O2. The van der Waals surface area contributed by atoms with Gasteiger partial charge >= 0.3 is 0 Å².